The van der Waals surface area contributed by atoms with E-state index in [1.54, 1.807) is 6.33 Å². The number of nitrogens with one attached hydrogen (secondary N) is 1. The molecule has 2 atom stereocenters. The van der Waals surface area contributed by atoms with E-state index >= 15 is 0 Å². The monoisotopic (exact) mass is 362 g/mol. The van der Waals surface area contributed by atoms with Gasteiger partial charge in [0.05, 0.1) is 12.9 Å². The maximum atomic E-state index is 12.2. The third kappa shape index (κ3) is 5.06. The van der Waals surface area contributed by atoms with Crippen LogP contribution in [0.1, 0.15) is 20.3 Å². The number of ether oxygens (including phenoxy) is 1. The summed E-state index contributed by atoms with van der Waals surface area (Å²) in [6, 6.07) is 8.99. The van der Waals surface area contributed by atoms with Gasteiger partial charge in [-0.3, -0.25) is 9.36 Å². The Labute approximate surface area is 151 Å². The maximum absolute atomic E-state index is 12.2. The number of hydrogen-bond donors (Lipinski definition) is 1. The van der Waals surface area contributed by atoms with Gasteiger partial charge in [-0.15, -0.1) is 10.2 Å². The van der Waals surface area contributed by atoms with Gasteiger partial charge < -0.3 is 10.1 Å². The Balaban J connectivity index is 1.99. The van der Waals surface area contributed by atoms with E-state index in [4.69, 9.17) is 4.74 Å². The Morgan fingerprint density at radius 3 is 2.68 bits per heavy atom. The molecule has 0 saturated carbocycles. The highest BCUT2D eigenvalue weighted by Crippen LogP contribution is 2.19. The third-order valence-electron chi connectivity index (χ3n) is 3.87. The molecule has 0 unspecified atom stereocenters. The van der Waals surface area contributed by atoms with Crippen LogP contribution >= 0.6 is 11.8 Å². The van der Waals surface area contributed by atoms with Crippen LogP contribution in [0.5, 0.6) is 0 Å². The number of para-hydroxylation sites is 1. The Bertz CT molecular complexity index is 705. The van der Waals surface area contributed by atoms with Gasteiger partial charge in [-0.1, -0.05) is 50.2 Å². The first-order valence-electron chi connectivity index (χ1n) is 8.02. The number of rotatable bonds is 8. The molecule has 0 aliphatic rings. The quantitative estimate of drug-likeness (QED) is 0.571. The molecule has 2 rings (SSSR count). The van der Waals surface area contributed by atoms with Gasteiger partial charge in [0, 0.05) is 5.69 Å². The van der Waals surface area contributed by atoms with Gasteiger partial charge in [0.1, 0.15) is 12.4 Å². The largest absolute Gasteiger partial charge is 0.467 e. The standard InChI is InChI=1S/C17H22N4O3S/c1-4-12(2)15(16(23)24-3)19-14(22)10-25-17-20-18-11-21(17)13-8-6-5-7-9-13/h5-9,11-12,15H,4,10H2,1-3H3,(H,19,22)/t12-,15-/m0/s1. The maximum Gasteiger partial charge on any atom is 0.328 e. The molecule has 25 heavy (non-hydrogen) atoms. The van der Waals surface area contributed by atoms with Crippen LogP contribution in [-0.2, 0) is 14.3 Å². The molecule has 0 bridgehead atoms. The number of esters is 1. The van der Waals surface area contributed by atoms with Crippen LogP contribution in [0.25, 0.3) is 5.69 Å². The average Bonchev–Trinajstić information content (AvgIpc) is 3.12. The summed E-state index contributed by atoms with van der Waals surface area (Å²) in [5.74, 6) is -0.548. The average molecular weight is 362 g/mol. The minimum atomic E-state index is -0.643. The summed E-state index contributed by atoms with van der Waals surface area (Å²) in [6.45, 7) is 3.87. The molecular weight excluding hydrogens is 340 g/mol. The Hall–Kier alpha value is -2.35. The van der Waals surface area contributed by atoms with E-state index in [-0.39, 0.29) is 17.6 Å². The molecule has 1 heterocycles. The zero-order valence-electron chi connectivity index (χ0n) is 14.5. The van der Waals surface area contributed by atoms with Crippen molar-refractivity contribution in [3.05, 3.63) is 36.7 Å². The molecule has 1 aromatic carbocycles. The summed E-state index contributed by atoms with van der Waals surface area (Å²) >= 11 is 1.26. The summed E-state index contributed by atoms with van der Waals surface area (Å²) in [7, 11) is 1.32. The van der Waals surface area contributed by atoms with E-state index in [0.29, 0.717) is 5.16 Å². The second kappa shape index (κ2) is 9.22. The van der Waals surface area contributed by atoms with E-state index in [0.717, 1.165) is 12.1 Å². The zero-order chi connectivity index (χ0) is 18.2. The molecule has 8 heteroatoms. The molecular formula is C17H22N4O3S. The highest BCUT2D eigenvalue weighted by molar-refractivity contribution is 7.99. The van der Waals surface area contributed by atoms with Gasteiger partial charge in [-0.05, 0) is 18.1 Å². The number of aromatic nitrogens is 3. The van der Waals surface area contributed by atoms with Crippen molar-refractivity contribution in [1.29, 1.82) is 0 Å². The molecule has 1 N–H and O–H groups in total. The summed E-state index contributed by atoms with van der Waals surface area (Å²) < 4.78 is 6.59. The fraction of sp³-hybridized carbons (Fsp3) is 0.412. The fourth-order valence-electron chi connectivity index (χ4n) is 2.23. The zero-order valence-corrected chi connectivity index (χ0v) is 15.3. The Morgan fingerprint density at radius 2 is 2.04 bits per heavy atom. The molecule has 0 saturated heterocycles. The van der Waals surface area contributed by atoms with E-state index in [2.05, 4.69) is 15.5 Å². The van der Waals surface area contributed by atoms with E-state index in [1.165, 1.54) is 18.9 Å². The second-order valence-corrected chi connectivity index (χ2v) is 6.50. The lowest BCUT2D eigenvalue weighted by molar-refractivity contribution is -0.146. The number of nitrogens with zero attached hydrogens (tertiary/aromatic N) is 3. The first kappa shape index (κ1) is 19.0. The van der Waals surface area contributed by atoms with Crippen LogP contribution in [0.3, 0.4) is 0 Å². The predicted octanol–water partition coefficient (Wildman–Crippen LogP) is 2.06. The fourth-order valence-corrected chi connectivity index (χ4v) is 2.97. The van der Waals surface area contributed by atoms with Crippen molar-refractivity contribution in [2.45, 2.75) is 31.5 Å². The molecule has 134 valence electrons. The van der Waals surface area contributed by atoms with Crippen LogP contribution in [0, 0.1) is 5.92 Å². The van der Waals surface area contributed by atoms with Crippen LogP contribution in [0.15, 0.2) is 41.8 Å². The first-order chi connectivity index (χ1) is 12.1. The van der Waals surface area contributed by atoms with Crippen molar-refractivity contribution in [3.63, 3.8) is 0 Å². The van der Waals surface area contributed by atoms with Crippen molar-refractivity contribution in [2.75, 3.05) is 12.9 Å². The number of carbonyl (C=O) groups is 2. The minimum absolute atomic E-state index is 0.00521. The molecule has 0 aliphatic carbocycles. The molecule has 0 radical (unpaired) electrons. The third-order valence-corrected chi connectivity index (χ3v) is 4.81. The highest BCUT2D eigenvalue weighted by atomic mass is 32.2. The van der Waals surface area contributed by atoms with Crippen LogP contribution in [0.2, 0.25) is 0 Å². The first-order valence-corrected chi connectivity index (χ1v) is 9.00. The number of amides is 1. The van der Waals surface area contributed by atoms with Crippen LogP contribution in [0.4, 0.5) is 0 Å². The van der Waals surface area contributed by atoms with Gasteiger partial charge in [0.15, 0.2) is 5.16 Å². The Morgan fingerprint density at radius 1 is 1.32 bits per heavy atom. The predicted molar refractivity (Wildman–Crippen MR) is 95.5 cm³/mol. The number of thioether (sulfide) groups is 1. The lowest BCUT2D eigenvalue weighted by atomic mass is 9.99. The smallest absolute Gasteiger partial charge is 0.328 e. The van der Waals surface area contributed by atoms with Crippen molar-refractivity contribution >= 4 is 23.6 Å². The van der Waals surface area contributed by atoms with E-state index < -0.39 is 12.0 Å². The van der Waals surface area contributed by atoms with Crippen molar-refractivity contribution < 1.29 is 14.3 Å². The molecule has 0 aliphatic heterocycles. The summed E-state index contributed by atoms with van der Waals surface area (Å²) in [5.41, 5.74) is 0.919. The lowest BCUT2D eigenvalue weighted by Gasteiger charge is -2.21. The molecule has 1 aromatic heterocycles. The van der Waals surface area contributed by atoms with E-state index in [1.807, 2.05) is 48.7 Å². The van der Waals surface area contributed by atoms with Gasteiger partial charge in [-0.2, -0.15) is 0 Å². The molecule has 7 nitrogen and oxygen atoms in total. The second-order valence-electron chi connectivity index (χ2n) is 5.56. The van der Waals surface area contributed by atoms with Crippen molar-refractivity contribution in [2.24, 2.45) is 5.92 Å². The van der Waals surface area contributed by atoms with Gasteiger partial charge in [0.2, 0.25) is 5.91 Å². The summed E-state index contributed by atoms with van der Waals surface area (Å²) in [5, 5.41) is 11.3. The molecule has 1 amide bonds. The van der Waals surface area contributed by atoms with Gasteiger partial charge in [0.25, 0.3) is 0 Å². The lowest BCUT2D eigenvalue weighted by Crippen LogP contribution is -2.46. The van der Waals surface area contributed by atoms with E-state index in [9.17, 15) is 9.59 Å². The SMILES string of the molecule is CC[C@H](C)[C@H](NC(=O)CSc1nncn1-c1ccccc1)C(=O)OC. The molecule has 0 fully saturated rings. The summed E-state index contributed by atoms with van der Waals surface area (Å²) in [4.78, 5) is 24.1. The number of methoxy groups -OCH3 is 1. The van der Waals surface area contributed by atoms with Gasteiger partial charge >= 0.3 is 5.97 Å². The van der Waals surface area contributed by atoms with Crippen LogP contribution < -0.4 is 5.32 Å². The van der Waals surface area contributed by atoms with Gasteiger partial charge in [-0.25, -0.2) is 4.79 Å². The topological polar surface area (TPSA) is 86.1 Å². The number of carbonyl (C=O) groups excluding carboxylic acids is 2. The van der Waals surface area contributed by atoms with Crippen molar-refractivity contribution in [1.82, 2.24) is 20.1 Å². The Kier molecular flexibility index (Phi) is 7.00. The minimum Gasteiger partial charge on any atom is -0.467 e. The number of benzene rings is 1. The molecule has 2 aromatic rings. The number of hydrogen-bond acceptors (Lipinski definition) is 6. The summed E-state index contributed by atoms with van der Waals surface area (Å²) in [6.07, 6.45) is 2.36. The normalized spacial score (nSPS) is 13.1. The van der Waals surface area contributed by atoms with Crippen LogP contribution in [-0.4, -0.2) is 45.5 Å². The van der Waals surface area contributed by atoms with Crippen molar-refractivity contribution in [3.8, 4) is 5.69 Å². The highest BCUT2D eigenvalue weighted by Gasteiger charge is 2.26. The molecule has 0 spiro atoms.